The summed E-state index contributed by atoms with van der Waals surface area (Å²) in [5.41, 5.74) is 1.95. The number of hydrogen-bond acceptors (Lipinski definition) is 6. The van der Waals surface area contributed by atoms with Gasteiger partial charge in [-0.25, -0.2) is 0 Å². The summed E-state index contributed by atoms with van der Waals surface area (Å²) in [6.45, 7) is 4.01. The number of piperidine rings is 1. The number of likely N-dealkylation sites (tertiary alicyclic amines) is 1. The maximum absolute atomic E-state index is 11.0. The van der Waals surface area contributed by atoms with Crippen LogP contribution in [0.15, 0.2) is 23.4 Å². The molecule has 26 heavy (non-hydrogen) atoms. The van der Waals surface area contributed by atoms with Crippen LogP contribution in [0, 0.1) is 6.92 Å². The maximum atomic E-state index is 11.0. The minimum absolute atomic E-state index is 0.0587. The standard InChI is InChI=1S/C18H24N4O3S/c1-12-6-7-15(25-3)14(9-12)22-17(13-5-4-8-21(2)10-13)19-20-18(22)26-11-16(23)24/h6-7,9,13H,4-5,8,10-11H2,1-3H3,(H,23,24)/t13-/m1/s1. The van der Waals surface area contributed by atoms with Crippen molar-refractivity contribution in [3.63, 3.8) is 0 Å². The molecule has 0 radical (unpaired) electrons. The van der Waals surface area contributed by atoms with Crippen molar-refractivity contribution in [1.82, 2.24) is 19.7 Å². The number of carbonyl (C=O) groups is 1. The Morgan fingerprint density at radius 1 is 1.42 bits per heavy atom. The Kier molecular flexibility index (Phi) is 5.83. The van der Waals surface area contributed by atoms with Crippen molar-refractivity contribution < 1.29 is 14.6 Å². The van der Waals surface area contributed by atoms with Crippen LogP contribution in [-0.2, 0) is 4.79 Å². The second-order valence-electron chi connectivity index (χ2n) is 6.64. The van der Waals surface area contributed by atoms with E-state index >= 15 is 0 Å². The lowest BCUT2D eigenvalue weighted by Gasteiger charge is -2.29. The molecule has 1 N–H and O–H groups in total. The molecule has 0 saturated carbocycles. The number of likely N-dealkylation sites (N-methyl/N-ethyl adjacent to an activating group) is 1. The van der Waals surface area contributed by atoms with Gasteiger partial charge in [0.25, 0.3) is 0 Å². The number of aliphatic carboxylic acids is 1. The first-order valence-electron chi connectivity index (χ1n) is 8.63. The summed E-state index contributed by atoms with van der Waals surface area (Å²) in [4.78, 5) is 13.3. The number of methoxy groups -OCH3 is 1. The predicted molar refractivity (Wildman–Crippen MR) is 100 cm³/mol. The van der Waals surface area contributed by atoms with Crippen LogP contribution in [0.2, 0.25) is 0 Å². The van der Waals surface area contributed by atoms with Gasteiger partial charge in [-0.2, -0.15) is 0 Å². The highest BCUT2D eigenvalue weighted by atomic mass is 32.2. The molecule has 3 rings (SSSR count). The third kappa shape index (κ3) is 4.02. The molecule has 2 heterocycles. The van der Waals surface area contributed by atoms with Crippen LogP contribution < -0.4 is 4.74 Å². The lowest BCUT2D eigenvalue weighted by Crippen LogP contribution is -2.32. The van der Waals surface area contributed by atoms with E-state index in [1.165, 1.54) is 11.8 Å². The molecule has 1 aliphatic heterocycles. The molecule has 0 unspecified atom stereocenters. The topological polar surface area (TPSA) is 80.5 Å². The number of aromatic nitrogens is 3. The average Bonchev–Trinajstić information content (AvgIpc) is 3.03. The van der Waals surface area contributed by atoms with Crippen molar-refractivity contribution in [1.29, 1.82) is 0 Å². The van der Waals surface area contributed by atoms with Crippen LogP contribution in [0.4, 0.5) is 0 Å². The first-order valence-corrected chi connectivity index (χ1v) is 9.61. The third-order valence-electron chi connectivity index (χ3n) is 4.55. The van der Waals surface area contributed by atoms with E-state index in [4.69, 9.17) is 9.84 Å². The molecule has 7 nitrogen and oxygen atoms in total. The minimum atomic E-state index is -0.875. The molecule has 1 aliphatic rings. The molecule has 8 heteroatoms. The molecule has 0 spiro atoms. The maximum Gasteiger partial charge on any atom is 0.313 e. The van der Waals surface area contributed by atoms with Gasteiger partial charge in [-0.15, -0.1) is 10.2 Å². The number of rotatable bonds is 6. The summed E-state index contributed by atoms with van der Waals surface area (Å²) in [6, 6.07) is 5.95. The molecule has 0 amide bonds. The number of nitrogens with zero attached hydrogens (tertiary/aromatic N) is 4. The van der Waals surface area contributed by atoms with Gasteiger partial charge in [-0.3, -0.25) is 9.36 Å². The van der Waals surface area contributed by atoms with Crippen molar-refractivity contribution in [2.24, 2.45) is 0 Å². The van der Waals surface area contributed by atoms with E-state index in [0.717, 1.165) is 48.8 Å². The monoisotopic (exact) mass is 376 g/mol. The van der Waals surface area contributed by atoms with E-state index in [2.05, 4.69) is 22.1 Å². The number of aryl methyl sites for hydroxylation is 1. The Hall–Kier alpha value is -2.06. The van der Waals surface area contributed by atoms with Crippen LogP contribution >= 0.6 is 11.8 Å². The van der Waals surface area contributed by atoms with Crippen molar-refractivity contribution in [2.75, 3.05) is 33.0 Å². The van der Waals surface area contributed by atoms with E-state index in [0.29, 0.717) is 5.16 Å². The van der Waals surface area contributed by atoms with Crippen LogP contribution in [-0.4, -0.2) is 63.7 Å². The Morgan fingerprint density at radius 3 is 2.92 bits per heavy atom. The summed E-state index contributed by atoms with van der Waals surface area (Å²) in [5, 5.41) is 18.4. The normalized spacial score (nSPS) is 18.0. The molecular formula is C18H24N4O3S. The Bertz CT molecular complexity index is 793. The third-order valence-corrected chi connectivity index (χ3v) is 5.46. The largest absolute Gasteiger partial charge is 0.495 e. The van der Waals surface area contributed by atoms with E-state index in [1.54, 1.807) is 7.11 Å². The molecule has 1 fully saturated rings. The van der Waals surface area contributed by atoms with Gasteiger partial charge in [0.15, 0.2) is 5.16 Å². The fourth-order valence-electron chi connectivity index (χ4n) is 3.34. The fraction of sp³-hybridized carbons (Fsp3) is 0.500. The SMILES string of the molecule is COc1ccc(C)cc1-n1c(SCC(=O)O)nnc1[C@@H]1CCCN(C)C1. The number of carboxylic acids is 1. The van der Waals surface area contributed by atoms with Gasteiger partial charge in [0.05, 0.1) is 18.6 Å². The van der Waals surface area contributed by atoms with Gasteiger partial charge in [0, 0.05) is 12.5 Å². The molecule has 2 aromatic rings. The first-order chi connectivity index (χ1) is 12.5. The summed E-state index contributed by atoms with van der Waals surface area (Å²) in [5.74, 6) is 0.910. The number of benzene rings is 1. The number of carboxylic acid groups (broad SMARTS) is 1. The average molecular weight is 376 g/mol. The molecule has 1 saturated heterocycles. The number of hydrogen-bond donors (Lipinski definition) is 1. The van der Waals surface area contributed by atoms with Crippen LogP contribution in [0.3, 0.4) is 0 Å². The Morgan fingerprint density at radius 2 is 2.23 bits per heavy atom. The van der Waals surface area contributed by atoms with Crippen LogP contribution in [0.5, 0.6) is 5.75 Å². The highest BCUT2D eigenvalue weighted by Gasteiger charge is 2.27. The van der Waals surface area contributed by atoms with Crippen molar-refractivity contribution in [2.45, 2.75) is 30.8 Å². The fourth-order valence-corrected chi connectivity index (χ4v) is 4.02. The lowest BCUT2D eigenvalue weighted by atomic mass is 9.97. The van der Waals surface area contributed by atoms with E-state index < -0.39 is 5.97 Å². The van der Waals surface area contributed by atoms with Gasteiger partial charge in [0.1, 0.15) is 11.6 Å². The molecule has 1 aromatic heterocycles. The highest BCUT2D eigenvalue weighted by Crippen LogP contribution is 2.34. The summed E-state index contributed by atoms with van der Waals surface area (Å²) in [6.07, 6.45) is 2.15. The van der Waals surface area contributed by atoms with E-state index in [-0.39, 0.29) is 11.7 Å². The van der Waals surface area contributed by atoms with Crippen LogP contribution in [0.1, 0.15) is 30.1 Å². The van der Waals surface area contributed by atoms with Gasteiger partial charge < -0.3 is 14.7 Å². The van der Waals surface area contributed by atoms with E-state index in [9.17, 15) is 4.79 Å². The molecular weight excluding hydrogens is 352 g/mol. The van der Waals surface area contributed by atoms with Gasteiger partial charge in [0.2, 0.25) is 0 Å². The molecule has 140 valence electrons. The quantitative estimate of drug-likeness (QED) is 0.776. The number of ether oxygens (including phenoxy) is 1. The summed E-state index contributed by atoms with van der Waals surface area (Å²) < 4.78 is 7.53. The van der Waals surface area contributed by atoms with Crippen molar-refractivity contribution in [3.8, 4) is 11.4 Å². The van der Waals surface area contributed by atoms with Crippen molar-refractivity contribution in [3.05, 3.63) is 29.6 Å². The minimum Gasteiger partial charge on any atom is -0.495 e. The zero-order valence-electron chi connectivity index (χ0n) is 15.3. The molecule has 1 atom stereocenters. The zero-order valence-corrected chi connectivity index (χ0v) is 16.1. The summed E-state index contributed by atoms with van der Waals surface area (Å²) >= 11 is 1.18. The van der Waals surface area contributed by atoms with Crippen LogP contribution in [0.25, 0.3) is 5.69 Å². The lowest BCUT2D eigenvalue weighted by molar-refractivity contribution is -0.133. The second kappa shape index (κ2) is 8.09. The Labute approximate surface area is 157 Å². The highest BCUT2D eigenvalue weighted by molar-refractivity contribution is 7.99. The van der Waals surface area contributed by atoms with Gasteiger partial charge in [-0.1, -0.05) is 17.8 Å². The predicted octanol–water partition coefficient (Wildman–Crippen LogP) is 2.57. The number of thioether (sulfide) groups is 1. The molecule has 1 aromatic carbocycles. The zero-order chi connectivity index (χ0) is 18.7. The summed E-state index contributed by atoms with van der Waals surface area (Å²) in [7, 11) is 3.75. The Balaban J connectivity index is 2.08. The second-order valence-corrected chi connectivity index (χ2v) is 7.58. The van der Waals surface area contributed by atoms with Crippen molar-refractivity contribution >= 4 is 17.7 Å². The van der Waals surface area contributed by atoms with E-state index in [1.807, 2.05) is 29.7 Å². The van der Waals surface area contributed by atoms with Gasteiger partial charge in [-0.05, 0) is 51.1 Å². The molecule has 0 bridgehead atoms. The van der Waals surface area contributed by atoms with Gasteiger partial charge >= 0.3 is 5.97 Å². The smallest absolute Gasteiger partial charge is 0.313 e. The molecule has 0 aliphatic carbocycles. The first kappa shape index (κ1) is 18.7.